The van der Waals surface area contributed by atoms with E-state index in [1.54, 1.807) is 11.3 Å². The van der Waals surface area contributed by atoms with Crippen LogP contribution in [-0.2, 0) is 19.8 Å². The molecule has 1 unspecified atom stereocenters. The maximum Gasteiger partial charge on any atom is 0.335 e. The van der Waals surface area contributed by atoms with Gasteiger partial charge in [0.1, 0.15) is 5.01 Å². The summed E-state index contributed by atoms with van der Waals surface area (Å²) in [5.74, 6) is 0. The van der Waals surface area contributed by atoms with Gasteiger partial charge in [0.25, 0.3) is 0 Å². The highest BCUT2D eigenvalue weighted by molar-refractivity contribution is 7.53. The van der Waals surface area contributed by atoms with Gasteiger partial charge < -0.3 is 9.05 Å². The van der Waals surface area contributed by atoms with E-state index in [2.05, 4.69) is 11.1 Å². The van der Waals surface area contributed by atoms with Crippen LogP contribution in [0.15, 0.2) is 48.5 Å². The van der Waals surface area contributed by atoms with Crippen LogP contribution in [0, 0.1) is 0 Å². The van der Waals surface area contributed by atoms with E-state index in [0.717, 1.165) is 21.7 Å². The summed E-state index contributed by atoms with van der Waals surface area (Å²) >= 11 is 1.67. The third kappa shape index (κ3) is 4.56. The first-order valence-corrected chi connectivity index (χ1v) is 10.9. The van der Waals surface area contributed by atoms with Crippen LogP contribution in [0.1, 0.15) is 26.3 Å². The number of para-hydroxylation sites is 1. The Hall–Kier alpha value is -1.52. The average Bonchev–Trinajstić information content (AvgIpc) is 2.98. The number of aromatic nitrogens is 1. The molecule has 3 rings (SSSR count). The summed E-state index contributed by atoms with van der Waals surface area (Å²) in [5.41, 5.74) is 3.00. The first-order chi connectivity index (χ1) is 12.0. The van der Waals surface area contributed by atoms with Crippen molar-refractivity contribution >= 4 is 29.1 Å². The number of benzene rings is 2. The van der Waals surface area contributed by atoms with Crippen molar-refractivity contribution in [2.45, 2.75) is 33.0 Å². The van der Waals surface area contributed by atoms with E-state index in [4.69, 9.17) is 9.05 Å². The molecule has 0 N–H and O–H groups in total. The van der Waals surface area contributed by atoms with Crippen LogP contribution in [-0.4, -0.2) is 17.7 Å². The fraction of sp³-hybridized carbons (Fsp3) is 0.316. The molecule has 2 aromatic carbocycles. The SMILES string of the molecule is CCOP(=O)(Cc1ccc(-c2nc3ccccc3s2)cc1)OC(C)C. The predicted molar refractivity (Wildman–Crippen MR) is 104 cm³/mol. The lowest BCUT2D eigenvalue weighted by Gasteiger charge is -2.20. The Labute approximate surface area is 152 Å². The zero-order chi connectivity index (χ0) is 17.9. The van der Waals surface area contributed by atoms with E-state index in [9.17, 15) is 4.57 Å². The maximum absolute atomic E-state index is 12.8. The number of thiazole rings is 1. The van der Waals surface area contributed by atoms with E-state index >= 15 is 0 Å². The van der Waals surface area contributed by atoms with Crippen molar-refractivity contribution in [1.82, 2.24) is 4.98 Å². The molecule has 0 amide bonds. The Morgan fingerprint density at radius 2 is 1.84 bits per heavy atom. The Bertz CT molecular complexity index is 856. The van der Waals surface area contributed by atoms with E-state index in [1.807, 2.05) is 63.2 Å². The standard InChI is InChI=1S/C19H22NO3PS/c1-4-22-24(21,23-14(2)3)13-15-9-11-16(12-10-15)19-20-17-7-5-6-8-18(17)25-19/h5-12,14H,4,13H2,1-3H3. The molecular formula is C19H22NO3PS. The Kier molecular flexibility index (Phi) is 5.70. The van der Waals surface area contributed by atoms with Crippen LogP contribution in [0.3, 0.4) is 0 Å². The van der Waals surface area contributed by atoms with Gasteiger partial charge in [-0.15, -0.1) is 11.3 Å². The summed E-state index contributed by atoms with van der Waals surface area (Å²) in [6.07, 6.45) is 0.137. The van der Waals surface area contributed by atoms with Crippen LogP contribution in [0.2, 0.25) is 0 Å². The van der Waals surface area contributed by atoms with Crippen molar-refractivity contribution < 1.29 is 13.6 Å². The molecule has 0 saturated heterocycles. The zero-order valence-corrected chi connectivity index (χ0v) is 16.3. The fourth-order valence-electron chi connectivity index (χ4n) is 2.60. The van der Waals surface area contributed by atoms with Crippen LogP contribution in [0.25, 0.3) is 20.8 Å². The smallest absolute Gasteiger partial charge is 0.309 e. The molecule has 0 aliphatic rings. The van der Waals surface area contributed by atoms with Gasteiger partial charge in [-0.25, -0.2) is 4.98 Å². The van der Waals surface area contributed by atoms with E-state index < -0.39 is 7.60 Å². The van der Waals surface area contributed by atoms with Crippen molar-refractivity contribution in [3.8, 4) is 10.6 Å². The fourth-order valence-corrected chi connectivity index (χ4v) is 5.49. The normalized spacial score (nSPS) is 14.1. The number of rotatable bonds is 7. The predicted octanol–water partition coefficient (Wildman–Crippen LogP) is 6.12. The lowest BCUT2D eigenvalue weighted by molar-refractivity contribution is 0.172. The summed E-state index contributed by atoms with van der Waals surface area (Å²) < 4.78 is 25.0. The van der Waals surface area contributed by atoms with Crippen molar-refractivity contribution in [2.75, 3.05) is 6.61 Å². The molecule has 1 heterocycles. The first-order valence-electron chi connectivity index (χ1n) is 8.36. The largest absolute Gasteiger partial charge is 0.335 e. The second-order valence-electron chi connectivity index (χ2n) is 6.02. The lowest BCUT2D eigenvalue weighted by atomic mass is 10.2. The average molecular weight is 375 g/mol. The molecule has 0 aliphatic heterocycles. The summed E-state index contributed by atoms with van der Waals surface area (Å²) in [6, 6.07) is 16.1. The van der Waals surface area contributed by atoms with Gasteiger partial charge in [0.15, 0.2) is 0 Å². The van der Waals surface area contributed by atoms with Gasteiger partial charge in [0.05, 0.1) is 29.1 Å². The van der Waals surface area contributed by atoms with Gasteiger partial charge in [-0.2, -0.15) is 0 Å². The second kappa shape index (κ2) is 7.79. The lowest BCUT2D eigenvalue weighted by Crippen LogP contribution is -2.05. The topological polar surface area (TPSA) is 48.4 Å². The van der Waals surface area contributed by atoms with Crippen molar-refractivity contribution in [2.24, 2.45) is 0 Å². The number of hydrogen-bond donors (Lipinski definition) is 0. The van der Waals surface area contributed by atoms with E-state index in [1.165, 1.54) is 4.70 Å². The number of fused-ring (bicyclic) bond motifs is 1. The maximum atomic E-state index is 12.8. The number of nitrogens with zero attached hydrogens (tertiary/aromatic N) is 1. The highest BCUT2D eigenvalue weighted by atomic mass is 32.1. The summed E-state index contributed by atoms with van der Waals surface area (Å²) in [5, 5.41) is 0.985. The van der Waals surface area contributed by atoms with Crippen LogP contribution >= 0.6 is 18.9 Å². The van der Waals surface area contributed by atoms with E-state index in [0.29, 0.717) is 6.61 Å². The molecule has 0 radical (unpaired) electrons. The molecule has 1 aromatic heterocycles. The number of hydrogen-bond acceptors (Lipinski definition) is 5. The summed E-state index contributed by atoms with van der Waals surface area (Å²) in [7, 11) is -3.12. The van der Waals surface area contributed by atoms with Gasteiger partial charge in [-0.3, -0.25) is 4.57 Å². The van der Waals surface area contributed by atoms with Gasteiger partial charge in [0.2, 0.25) is 0 Å². The minimum Gasteiger partial charge on any atom is -0.309 e. The van der Waals surface area contributed by atoms with Gasteiger partial charge in [-0.1, -0.05) is 36.4 Å². The molecule has 0 fully saturated rings. The van der Waals surface area contributed by atoms with Crippen molar-refractivity contribution in [3.05, 3.63) is 54.1 Å². The van der Waals surface area contributed by atoms with Crippen LogP contribution in [0.4, 0.5) is 0 Å². The molecule has 0 bridgehead atoms. The minimum atomic E-state index is -3.12. The molecule has 0 spiro atoms. The third-order valence-electron chi connectivity index (χ3n) is 3.57. The van der Waals surface area contributed by atoms with Crippen molar-refractivity contribution in [1.29, 1.82) is 0 Å². The Morgan fingerprint density at radius 3 is 2.48 bits per heavy atom. The first kappa shape index (κ1) is 18.3. The van der Waals surface area contributed by atoms with Gasteiger partial charge in [0, 0.05) is 5.56 Å². The molecular weight excluding hydrogens is 353 g/mol. The Morgan fingerprint density at radius 1 is 1.12 bits per heavy atom. The molecule has 132 valence electrons. The highest BCUT2D eigenvalue weighted by Gasteiger charge is 2.26. The molecule has 25 heavy (non-hydrogen) atoms. The monoisotopic (exact) mass is 375 g/mol. The minimum absolute atomic E-state index is 0.139. The molecule has 0 saturated carbocycles. The second-order valence-corrected chi connectivity index (χ2v) is 9.06. The van der Waals surface area contributed by atoms with Crippen molar-refractivity contribution in [3.63, 3.8) is 0 Å². The summed E-state index contributed by atoms with van der Waals surface area (Å²) in [4.78, 5) is 4.67. The van der Waals surface area contributed by atoms with E-state index in [-0.39, 0.29) is 12.3 Å². The molecule has 3 aromatic rings. The van der Waals surface area contributed by atoms with Gasteiger partial charge in [-0.05, 0) is 38.5 Å². The molecule has 1 atom stereocenters. The quantitative estimate of drug-likeness (QED) is 0.467. The summed E-state index contributed by atoms with van der Waals surface area (Å²) in [6.45, 7) is 5.92. The molecule has 4 nitrogen and oxygen atoms in total. The zero-order valence-electron chi connectivity index (χ0n) is 14.6. The van der Waals surface area contributed by atoms with Crippen LogP contribution in [0.5, 0.6) is 0 Å². The highest BCUT2D eigenvalue weighted by Crippen LogP contribution is 2.52. The molecule has 6 heteroatoms. The van der Waals surface area contributed by atoms with Crippen LogP contribution < -0.4 is 0 Å². The third-order valence-corrected chi connectivity index (χ3v) is 6.80. The Balaban J connectivity index is 1.80. The molecule has 0 aliphatic carbocycles. The van der Waals surface area contributed by atoms with Gasteiger partial charge >= 0.3 is 7.60 Å².